The average Bonchev–Trinajstić information content (AvgIpc) is 3.17. The summed E-state index contributed by atoms with van der Waals surface area (Å²) in [4.78, 5) is 28.9. The zero-order chi connectivity index (χ0) is 16.7. The first-order valence-electron chi connectivity index (χ1n) is 8.49. The van der Waals surface area contributed by atoms with E-state index < -0.39 is 0 Å². The van der Waals surface area contributed by atoms with Gasteiger partial charge in [-0.1, -0.05) is 6.07 Å². The summed E-state index contributed by atoms with van der Waals surface area (Å²) in [5.41, 5.74) is 3.40. The van der Waals surface area contributed by atoms with Crippen LogP contribution in [0.5, 0.6) is 0 Å². The molecule has 0 bridgehead atoms. The van der Waals surface area contributed by atoms with Gasteiger partial charge in [0, 0.05) is 38.4 Å². The number of carbonyl (C=O) groups is 1. The Morgan fingerprint density at radius 1 is 1.38 bits per heavy atom. The predicted molar refractivity (Wildman–Crippen MR) is 87.4 cm³/mol. The summed E-state index contributed by atoms with van der Waals surface area (Å²) in [5.74, 6) is 0.591. The lowest BCUT2D eigenvalue weighted by atomic mass is 9.98. The predicted octanol–water partition coefficient (Wildman–Crippen LogP) is 0.344. The van der Waals surface area contributed by atoms with Crippen LogP contribution in [0.15, 0.2) is 17.1 Å². The summed E-state index contributed by atoms with van der Waals surface area (Å²) >= 11 is 0. The van der Waals surface area contributed by atoms with E-state index in [1.807, 2.05) is 6.20 Å². The maximum absolute atomic E-state index is 12.5. The smallest absolute Gasteiger partial charge is 0.345 e. The number of nitrogens with one attached hydrogen (secondary N) is 1. The van der Waals surface area contributed by atoms with Crippen molar-refractivity contribution in [3.63, 3.8) is 0 Å². The molecule has 2 aliphatic rings. The number of fused-ring (bicyclic) bond motifs is 2. The van der Waals surface area contributed by atoms with E-state index in [0.29, 0.717) is 19.5 Å². The molecule has 7 heteroatoms. The molecule has 0 radical (unpaired) electrons. The molecule has 1 amide bonds. The molecule has 3 heterocycles. The van der Waals surface area contributed by atoms with Crippen molar-refractivity contribution in [2.45, 2.75) is 45.2 Å². The highest BCUT2D eigenvalue weighted by molar-refractivity contribution is 5.78. The van der Waals surface area contributed by atoms with E-state index in [1.54, 1.807) is 11.6 Å². The monoisotopic (exact) mass is 327 g/mol. The topological polar surface area (TPSA) is 81.8 Å². The van der Waals surface area contributed by atoms with Crippen molar-refractivity contribution in [3.05, 3.63) is 45.4 Å². The summed E-state index contributed by atoms with van der Waals surface area (Å²) in [7, 11) is 1.64. The molecule has 24 heavy (non-hydrogen) atoms. The van der Waals surface area contributed by atoms with Gasteiger partial charge in [0.15, 0.2) is 0 Å². The van der Waals surface area contributed by atoms with E-state index in [0.717, 1.165) is 30.7 Å². The first-order valence-corrected chi connectivity index (χ1v) is 8.49. The van der Waals surface area contributed by atoms with Gasteiger partial charge in [-0.2, -0.15) is 5.10 Å². The SMILES string of the molecule is Cn1nc2n(c1=O)C[C@H](C(=O)NCc1cnc3c(c1)CCC3)CC2. The van der Waals surface area contributed by atoms with Crippen molar-refractivity contribution < 1.29 is 4.79 Å². The molecule has 1 aliphatic carbocycles. The number of aromatic nitrogens is 4. The molecule has 0 unspecified atom stereocenters. The van der Waals surface area contributed by atoms with Gasteiger partial charge in [0.05, 0.1) is 5.92 Å². The van der Waals surface area contributed by atoms with Crippen LogP contribution in [0.25, 0.3) is 0 Å². The number of rotatable bonds is 3. The maximum Gasteiger partial charge on any atom is 0.345 e. The molecular weight excluding hydrogens is 306 g/mol. The summed E-state index contributed by atoms with van der Waals surface area (Å²) in [6.45, 7) is 0.903. The van der Waals surface area contributed by atoms with Crippen LogP contribution in [0.1, 0.15) is 35.5 Å². The van der Waals surface area contributed by atoms with Crippen LogP contribution in [0.2, 0.25) is 0 Å². The Morgan fingerprint density at radius 3 is 3.12 bits per heavy atom. The summed E-state index contributed by atoms with van der Waals surface area (Å²) < 4.78 is 2.95. The van der Waals surface area contributed by atoms with Crippen molar-refractivity contribution >= 4 is 5.91 Å². The minimum Gasteiger partial charge on any atom is -0.352 e. The van der Waals surface area contributed by atoms with E-state index in [2.05, 4.69) is 21.5 Å². The molecule has 0 saturated carbocycles. The normalized spacial score (nSPS) is 19.0. The van der Waals surface area contributed by atoms with Gasteiger partial charge in [0.1, 0.15) is 5.82 Å². The Bertz CT molecular complexity index is 851. The molecule has 7 nitrogen and oxygen atoms in total. The van der Waals surface area contributed by atoms with Crippen molar-refractivity contribution in [1.82, 2.24) is 24.6 Å². The third-order valence-electron chi connectivity index (χ3n) is 5.02. The molecule has 1 aliphatic heterocycles. The molecule has 1 atom stereocenters. The fraction of sp³-hybridized carbons (Fsp3) is 0.529. The van der Waals surface area contributed by atoms with Gasteiger partial charge in [-0.15, -0.1) is 0 Å². The Labute approximate surface area is 139 Å². The van der Waals surface area contributed by atoms with E-state index in [1.165, 1.54) is 22.4 Å². The van der Waals surface area contributed by atoms with E-state index >= 15 is 0 Å². The molecule has 0 spiro atoms. The zero-order valence-electron chi connectivity index (χ0n) is 13.8. The third kappa shape index (κ3) is 2.64. The number of hydrogen-bond acceptors (Lipinski definition) is 4. The van der Waals surface area contributed by atoms with Crippen molar-refractivity contribution in [2.75, 3.05) is 0 Å². The second kappa shape index (κ2) is 5.89. The van der Waals surface area contributed by atoms with Crippen LogP contribution in [-0.4, -0.2) is 25.2 Å². The number of nitrogens with zero attached hydrogens (tertiary/aromatic N) is 4. The lowest BCUT2D eigenvalue weighted by Crippen LogP contribution is -2.38. The highest BCUT2D eigenvalue weighted by Gasteiger charge is 2.27. The largest absolute Gasteiger partial charge is 0.352 e. The first kappa shape index (κ1) is 15.1. The second-order valence-electron chi connectivity index (χ2n) is 6.69. The van der Waals surface area contributed by atoms with Gasteiger partial charge in [-0.25, -0.2) is 9.48 Å². The molecule has 0 saturated heterocycles. The van der Waals surface area contributed by atoms with Crippen LogP contribution in [-0.2, 0) is 44.2 Å². The van der Waals surface area contributed by atoms with Crippen LogP contribution in [0.3, 0.4) is 0 Å². The number of carbonyl (C=O) groups excluding carboxylic acids is 1. The van der Waals surface area contributed by atoms with Gasteiger partial charge < -0.3 is 5.32 Å². The summed E-state index contributed by atoms with van der Waals surface area (Å²) in [5, 5.41) is 7.19. The van der Waals surface area contributed by atoms with Crippen LogP contribution in [0, 0.1) is 5.92 Å². The van der Waals surface area contributed by atoms with Crippen LogP contribution < -0.4 is 11.0 Å². The van der Waals surface area contributed by atoms with E-state index in [9.17, 15) is 9.59 Å². The minimum absolute atomic E-state index is 0.00287. The van der Waals surface area contributed by atoms with Gasteiger partial charge in [0.2, 0.25) is 5.91 Å². The summed E-state index contributed by atoms with van der Waals surface area (Å²) in [6.07, 6.45) is 6.56. The highest BCUT2D eigenvalue weighted by Crippen LogP contribution is 2.21. The van der Waals surface area contributed by atoms with Crippen molar-refractivity contribution in [2.24, 2.45) is 13.0 Å². The fourth-order valence-electron chi connectivity index (χ4n) is 3.66. The van der Waals surface area contributed by atoms with Gasteiger partial charge in [-0.3, -0.25) is 14.3 Å². The Kier molecular flexibility index (Phi) is 3.70. The molecule has 2 aromatic rings. The molecule has 0 fully saturated rings. The van der Waals surface area contributed by atoms with Crippen LogP contribution in [0.4, 0.5) is 0 Å². The minimum atomic E-state index is -0.179. The third-order valence-corrected chi connectivity index (χ3v) is 5.02. The molecular formula is C17H21N5O2. The van der Waals surface area contributed by atoms with Gasteiger partial charge >= 0.3 is 5.69 Å². The standard InChI is InChI=1S/C17H21N5O2/c1-21-17(24)22-10-13(5-6-15(22)20-21)16(23)19-9-11-7-12-3-2-4-14(12)18-8-11/h7-8,13H,2-6,9-10H2,1H3,(H,19,23)/t13-/m1/s1. The fourth-order valence-corrected chi connectivity index (χ4v) is 3.66. The maximum atomic E-state index is 12.5. The van der Waals surface area contributed by atoms with Crippen molar-refractivity contribution in [1.29, 1.82) is 0 Å². The highest BCUT2D eigenvalue weighted by atomic mass is 16.2. The van der Waals surface area contributed by atoms with Crippen LogP contribution >= 0.6 is 0 Å². The van der Waals surface area contributed by atoms with Gasteiger partial charge in [0.25, 0.3) is 0 Å². The van der Waals surface area contributed by atoms with E-state index in [-0.39, 0.29) is 17.5 Å². The molecule has 126 valence electrons. The molecule has 1 N–H and O–H groups in total. The van der Waals surface area contributed by atoms with Crippen molar-refractivity contribution in [3.8, 4) is 0 Å². The van der Waals surface area contributed by atoms with Gasteiger partial charge in [-0.05, 0) is 36.8 Å². The van der Waals surface area contributed by atoms with E-state index in [4.69, 9.17) is 0 Å². The Morgan fingerprint density at radius 2 is 2.25 bits per heavy atom. The lowest BCUT2D eigenvalue weighted by molar-refractivity contribution is -0.126. The lowest BCUT2D eigenvalue weighted by Gasteiger charge is -2.21. The molecule has 2 aromatic heterocycles. The second-order valence-corrected chi connectivity index (χ2v) is 6.69. The first-order chi connectivity index (χ1) is 11.6. The molecule has 4 rings (SSSR count). The Balaban J connectivity index is 1.40. The number of amides is 1. The summed E-state index contributed by atoms with van der Waals surface area (Å²) in [6, 6.07) is 2.15. The molecule has 0 aromatic carbocycles. The Hall–Kier alpha value is -2.44. The number of hydrogen-bond donors (Lipinski definition) is 1. The number of aryl methyl sites for hydroxylation is 4. The quantitative estimate of drug-likeness (QED) is 0.882. The average molecular weight is 327 g/mol. The zero-order valence-corrected chi connectivity index (χ0v) is 13.8. The number of pyridine rings is 1.